The van der Waals surface area contributed by atoms with Crippen LogP contribution in [-0.4, -0.2) is 24.6 Å². The molecule has 6 heteroatoms. The van der Waals surface area contributed by atoms with Crippen molar-refractivity contribution in [3.63, 3.8) is 0 Å². The minimum atomic E-state index is -0.231. The van der Waals surface area contributed by atoms with Crippen molar-refractivity contribution in [2.24, 2.45) is 0 Å². The van der Waals surface area contributed by atoms with Crippen LogP contribution < -0.4 is 14.8 Å². The van der Waals surface area contributed by atoms with Gasteiger partial charge in [0.2, 0.25) is 5.91 Å². The van der Waals surface area contributed by atoms with E-state index < -0.39 is 0 Å². The van der Waals surface area contributed by atoms with Gasteiger partial charge in [0.25, 0.3) is 0 Å². The van der Waals surface area contributed by atoms with Gasteiger partial charge in [-0.05, 0) is 55.7 Å². The molecule has 1 amide bonds. The van der Waals surface area contributed by atoms with Crippen LogP contribution in [0, 0.1) is 13.8 Å². The number of nitrogens with one attached hydrogen (secondary N) is 1. The minimum Gasteiger partial charge on any atom is -0.493 e. The number of thiazole rings is 1. The molecule has 1 N–H and O–H groups in total. The van der Waals surface area contributed by atoms with Crippen LogP contribution in [0.1, 0.15) is 42.9 Å². The SMILES string of the molecule is CCCCCOc1ccc(C=CC(=O)Nc2nc(-c3cc(C)ccc3C)cs2)cc1OC. The fraction of sp³-hybridized carbons (Fsp3) is 0.308. The second-order valence-electron chi connectivity index (χ2n) is 7.64. The molecule has 32 heavy (non-hydrogen) atoms. The molecule has 0 atom stereocenters. The highest BCUT2D eigenvalue weighted by Crippen LogP contribution is 2.30. The Labute approximate surface area is 194 Å². The molecule has 0 saturated carbocycles. The van der Waals surface area contributed by atoms with Crippen LogP contribution in [0.3, 0.4) is 0 Å². The molecule has 3 rings (SSSR count). The standard InChI is InChI=1S/C26H30N2O3S/c1-5-6-7-14-31-23-12-10-20(16-24(23)30-4)11-13-25(29)28-26-27-22(17-32-26)21-15-18(2)8-9-19(21)3/h8-13,15-17H,5-7,14H2,1-4H3,(H,27,28,29). The molecule has 0 bridgehead atoms. The van der Waals surface area contributed by atoms with Crippen molar-refractivity contribution in [1.82, 2.24) is 4.98 Å². The fourth-order valence-electron chi connectivity index (χ4n) is 3.23. The number of hydrogen-bond acceptors (Lipinski definition) is 5. The first-order chi connectivity index (χ1) is 15.5. The van der Waals surface area contributed by atoms with Crippen LogP contribution in [0.5, 0.6) is 11.5 Å². The van der Waals surface area contributed by atoms with Gasteiger partial charge >= 0.3 is 0 Å². The van der Waals surface area contributed by atoms with Crippen molar-refractivity contribution in [2.75, 3.05) is 19.0 Å². The third-order valence-electron chi connectivity index (χ3n) is 5.02. The van der Waals surface area contributed by atoms with Crippen molar-refractivity contribution in [3.8, 4) is 22.8 Å². The zero-order valence-corrected chi connectivity index (χ0v) is 19.9. The lowest BCUT2D eigenvalue weighted by Gasteiger charge is -2.11. The molecular formula is C26H30N2O3S. The zero-order chi connectivity index (χ0) is 22.9. The van der Waals surface area contributed by atoms with Crippen LogP contribution >= 0.6 is 11.3 Å². The van der Waals surface area contributed by atoms with Crippen molar-refractivity contribution in [3.05, 3.63) is 64.5 Å². The second kappa shape index (κ2) is 11.5. The average molecular weight is 451 g/mol. The summed E-state index contributed by atoms with van der Waals surface area (Å²) in [5.41, 5.74) is 5.15. The summed E-state index contributed by atoms with van der Waals surface area (Å²) >= 11 is 1.41. The maximum Gasteiger partial charge on any atom is 0.250 e. The summed E-state index contributed by atoms with van der Waals surface area (Å²) in [7, 11) is 1.62. The van der Waals surface area contributed by atoms with E-state index in [1.165, 1.54) is 23.0 Å². The summed E-state index contributed by atoms with van der Waals surface area (Å²) in [6, 6.07) is 11.9. The van der Waals surface area contributed by atoms with Gasteiger partial charge in [0.05, 0.1) is 19.4 Å². The van der Waals surface area contributed by atoms with Gasteiger partial charge in [-0.3, -0.25) is 10.1 Å². The van der Waals surface area contributed by atoms with Crippen LogP contribution in [-0.2, 0) is 4.79 Å². The summed E-state index contributed by atoms with van der Waals surface area (Å²) in [6.07, 6.45) is 6.56. The van der Waals surface area contributed by atoms with Crippen LogP contribution in [0.15, 0.2) is 47.9 Å². The Morgan fingerprint density at radius 3 is 2.75 bits per heavy atom. The highest BCUT2D eigenvalue weighted by Gasteiger charge is 2.09. The Kier molecular flexibility index (Phi) is 8.45. The molecule has 1 heterocycles. The van der Waals surface area contributed by atoms with Crippen LogP contribution in [0.2, 0.25) is 0 Å². The number of amides is 1. The smallest absolute Gasteiger partial charge is 0.250 e. The Bertz CT molecular complexity index is 1090. The number of ether oxygens (including phenoxy) is 2. The van der Waals surface area contributed by atoms with Crippen molar-refractivity contribution in [2.45, 2.75) is 40.0 Å². The van der Waals surface area contributed by atoms with Gasteiger partial charge in [0, 0.05) is 17.0 Å². The van der Waals surface area contributed by atoms with E-state index in [-0.39, 0.29) is 5.91 Å². The summed E-state index contributed by atoms with van der Waals surface area (Å²) in [6.45, 7) is 6.95. The van der Waals surface area contributed by atoms with Crippen LogP contribution in [0.25, 0.3) is 17.3 Å². The molecule has 0 fully saturated rings. The maximum atomic E-state index is 12.4. The van der Waals surface area contributed by atoms with Gasteiger partial charge in [-0.2, -0.15) is 0 Å². The first kappa shape index (κ1) is 23.5. The molecule has 5 nitrogen and oxygen atoms in total. The van der Waals surface area contributed by atoms with E-state index >= 15 is 0 Å². The predicted octanol–water partition coefficient (Wildman–Crippen LogP) is 6.66. The van der Waals surface area contributed by atoms with E-state index in [1.807, 2.05) is 23.6 Å². The Morgan fingerprint density at radius 2 is 1.97 bits per heavy atom. The predicted molar refractivity (Wildman–Crippen MR) is 133 cm³/mol. The number of rotatable bonds is 10. The Hall–Kier alpha value is -3.12. The van der Waals surface area contributed by atoms with Gasteiger partial charge in [0.15, 0.2) is 16.6 Å². The van der Waals surface area contributed by atoms with E-state index in [0.717, 1.165) is 41.6 Å². The van der Waals surface area contributed by atoms with Gasteiger partial charge in [-0.15, -0.1) is 11.3 Å². The van der Waals surface area contributed by atoms with E-state index in [9.17, 15) is 4.79 Å². The highest BCUT2D eigenvalue weighted by atomic mass is 32.1. The number of nitrogens with zero attached hydrogens (tertiary/aromatic N) is 1. The summed E-state index contributed by atoms with van der Waals surface area (Å²) in [4.78, 5) is 17.0. The number of anilines is 1. The molecule has 168 valence electrons. The lowest BCUT2D eigenvalue weighted by molar-refractivity contribution is -0.111. The quantitative estimate of drug-likeness (QED) is 0.277. The number of unbranched alkanes of at least 4 members (excludes halogenated alkanes) is 2. The fourth-order valence-corrected chi connectivity index (χ4v) is 3.94. The number of aryl methyl sites for hydroxylation is 2. The third-order valence-corrected chi connectivity index (χ3v) is 5.78. The molecule has 1 aromatic heterocycles. The van der Waals surface area contributed by atoms with Gasteiger partial charge in [-0.25, -0.2) is 4.98 Å². The lowest BCUT2D eigenvalue weighted by Crippen LogP contribution is -2.07. The average Bonchev–Trinajstić information content (AvgIpc) is 3.25. The first-order valence-electron chi connectivity index (χ1n) is 10.8. The molecular weight excluding hydrogens is 420 g/mol. The van der Waals surface area contributed by atoms with Crippen molar-refractivity contribution < 1.29 is 14.3 Å². The molecule has 0 aliphatic heterocycles. The normalized spacial score (nSPS) is 11.0. The summed E-state index contributed by atoms with van der Waals surface area (Å²) in [5, 5.41) is 5.38. The third kappa shape index (κ3) is 6.44. The second-order valence-corrected chi connectivity index (χ2v) is 8.50. The number of aromatic nitrogens is 1. The molecule has 0 aliphatic rings. The molecule has 0 unspecified atom stereocenters. The molecule has 3 aromatic rings. The molecule has 0 aliphatic carbocycles. The number of hydrogen-bond donors (Lipinski definition) is 1. The molecule has 0 radical (unpaired) electrons. The summed E-state index contributed by atoms with van der Waals surface area (Å²) in [5.74, 6) is 1.14. The van der Waals surface area contributed by atoms with Crippen molar-refractivity contribution >= 4 is 28.5 Å². The highest BCUT2D eigenvalue weighted by molar-refractivity contribution is 7.14. The first-order valence-corrected chi connectivity index (χ1v) is 11.7. The van der Waals surface area contributed by atoms with Crippen molar-refractivity contribution in [1.29, 1.82) is 0 Å². The largest absolute Gasteiger partial charge is 0.493 e. The lowest BCUT2D eigenvalue weighted by atomic mass is 10.0. The molecule has 0 saturated heterocycles. The Balaban J connectivity index is 1.62. The van der Waals surface area contributed by atoms with E-state index in [2.05, 4.69) is 49.3 Å². The topological polar surface area (TPSA) is 60.5 Å². The number of benzene rings is 2. The van der Waals surface area contributed by atoms with Gasteiger partial charge in [-0.1, -0.05) is 43.5 Å². The van der Waals surface area contributed by atoms with E-state index in [1.54, 1.807) is 13.2 Å². The number of methoxy groups -OCH3 is 1. The number of carbonyl (C=O) groups is 1. The monoisotopic (exact) mass is 450 g/mol. The summed E-state index contributed by atoms with van der Waals surface area (Å²) < 4.78 is 11.2. The van der Waals surface area contributed by atoms with Gasteiger partial charge < -0.3 is 9.47 Å². The van der Waals surface area contributed by atoms with E-state index in [4.69, 9.17) is 9.47 Å². The zero-order valence-electron chi connectivity index (χ0n) is 19.1. The van der Waals surface area contributed by atoms with Gasteiger partial charge in [0.1, 0.15) is 0 Å². The molecule has 2 aromatic carbocycles. The number of carbonyl (C=O) groups excluding carboxylic acids is 1. The molecule has 0 spiro atoms. The minimum absolute atomic E-state index is 0.231. The Morgan fingerprint density at radius 1 is 1.12 bits per heavy atom. The maximum absolute atomic E-state index is 12.4. The van der Waals surface area contributed by atoms with E-state index in [0.29, 0.717) is 23.2 Å². The van der Waals surface area contributed by atoms with Crippen LogP contribution in [0.4, 0.5) is 5.13 Å².